The number of rotatable bonds is 14. The second kappa shape index (κ2) is 15.8. The Morgan fingerprint density at radius 2 is 0.727 bits per heavy atom. The van der Waals surface area contributed by atoms with Crippen molar-refractivity contribution in [1.82, 2.24) is 0 Å². The Balaban J connectivity index is 1.71. The van der Waals surface area contributed by atoms with E-state index in [1.807, 2.05) is 39.8 Å². The Morgan fingerprint density at radius 1 is 0.364 bits per heavy atom. The van der Waals surface area contributed by atoms with Gasteiger partial charge in [-0.2, -0.15) is 0 Å². The fraction of sp³-hybridized carbons (Fsp3) is 0.211. The van der Waals surface area contributed by atoms with Crippen LogP contribution in [-0.2, 0) is 0 Å². The Labute approximate surface area is 264 Å². The summed E-state index contributed by atoms with van der Waals surface area (Å²) in [6.07, 6.45) is 0. The maximum absolute atomic E-state index is 5.98. The van der Waals surface area contributed by atoms with Crippen LogP contribution in [0.2, 0.25) is 0 Å². The predicted molar refractivity (Wildman–Crippen MR) is 189 cm³/mol. The van der Waals surface area contributed by atoms with Crippen LogP contribution in [0.3, 0.4) is 0 Å². The number of benzene rings is 5. The van der Waals surface area contributed by atoms with Gasteiger partial charge in [0.2, 0.25) is 0 Å². The van der Waals surface area contributed by atoms with Crippen molar-refractivity contribution >= 4 is 47.7 Å². The lowest BCUT2D eigenvalue weighted by atomic mass is 10.3. The summed E-state index contributed by atoms with van der Waals surface area (Å²) in [4.78, 5) is 0. The first-order valence-electron chi connectivity index (χ1n) is 15.3. The van der Waals surface area contributed by atoms with Crippen LogP contribution in [0.15, 0.2) is 121 Å². The van der Waals surface area contributed by atoms with Crippen LogP contribution in [0.5, 0.6) is 23.0 Å². The minimum absolute atomic E-state index is 0.624. The molecule has 0 radical (unpaired) electrons. The molecule has 5 aromatic carbocycles. The van der Waals surface area contributed by atoms with Gasteiger partial charge in [-0.1, -0.05) is 72.8 Å². The second-order valence-corrected chi connectivity index (χ2v) is 14.2. The van der Waals surface area contributed by atoms with E-state index in [0.717, 1.165) is 23.0 Å². The third kappa shape index (κ3) is 7.62. The van der Waals surface area contributed by atoms with E-state index in [4.69, 9.17) is 18.9 Å². The van der Waals surface area contributed by atoms with E-state index < -0.39 is 15.8 Å². The summed E-state index contributed by atoms with van der Waals surface area (Å²) < 4.78 is 23.6. The topological polar surface area (TPSA) is 36.9 Å². The van der Waals surface area contributed by atoms with Crippen molar-refractivity contribution in [2.45, 2.75) is 27.7 Å². The Bertz CT molecular complexity index is 1520. The lowest BCUT2D eigenvalue weighted by molar-refractivity contribution is 0.340. The first kappa shape index (κ1) is 31.6. The van der Waals surface area contributed by atoms with Crippen LogP contribution < -0.4 is 50.8 Å². The third-order valence-electron chi connectivity index (χ3n) is 6.95. The highest BCUT2D eigenvalue weighted by molar-refractivity contribution is 7.85. The Hall–Kier alpha value is -3.84. The molecule has 0 N–H and O–H groups in total. The molecule has 0 fully saturated rings. The molecule has 0 aliphatic rings. The van der Waals surface area contributed by atoms with Crippen LogP contribution >= 0.6 is 15.8 Å². The maximum atomic E-state index is 5.98. The normalized spacial score (nSPS) is 11.0. The molecule has 0 unspecified atom stereocenters. The maximum Gasteiger partial charge on any atom is 0.119 e. The van der Waals surface area contributed by atoms with Gasteiger partial charge in [0, 0.05) is 0 Å². The molecular formula is C38H40O4P2. The van der Waals surface area contributed by atoms with Gasteiger partial charge in [-0.25, -0.2) is 0 Å². The van der Waals surface area contributed by atoms with Crippen molar-refractivity contribution in [2.24, 2.45) is 0 Å². The summed E-state index contributed by atoms with van der Waals surface area (Å²) in [5, 5.41) is 7.65. The van der Waals surface area contributed by atoms with Crippen molar-refractivity contribution in [3.05, 3.63) is 121 Å². The zero-order valence-corrected chi connectivity index (χ0v) is 27.7. The van der Waals surface area contributed by atoms with Crippen molar-refractivity contribution in [2.75, 3.05) is 26.4 Å². The van der Waals surface area contributed by atoms with E-state index in [0.29, 0.717) is 26.4 Å². The summed E-state index contributed by atoms with van der Waals surface area (Å²) in [5.41, 5.74) is 0. The second-order valence-electron chi connectivity index (χ2n) is 9.87. The lowest BCUT2D eigenvalue weighted by Gasteiger charge is -2.28. The van der Waals surface area contributed by atoms with Gasteiger partial charge in [-0.3, -0.25) is 0 Å². The highest BCUT2D eigenvalue weighted by Gasteiger charge is 2.26. The quantitative estimate of drug-likeness (QED) is 0.128. The zero-order valence-electron chi connectivity index (χ0n) is 25.9. The van der Waals surface area contributed by atoms with E-state index in [9.17, 15) is 0 Å². The van der Waals surface area contributed by atoms with E-state index in [1.54, 1.807) is 0 Å². The molecule has 0 aliphatic heterocycles. The molecule has 0 spiro atoms. The number of ether oxygens (including phenoxy) is 4. The van der Waals surface area contributed by atoms with Gasteiger partial charge in [0.25, 0.3) is 0 Å². The summed E-state index contributed by atoms with van der Waals surface area (Å²) >= 11 is 0. The molecule has 0 heterocycles. The Morgan fingerprint density at radius 3 is 1.11 bits per heavy atom. The monoisotopic (exact) mass is 622 g/mol. The SMILES string of the molecule is CCOc1ccc(P(c2ccc(OCC)cc2)c2ccccc2P(c2cccc(OCC)c2)c2cccc(OCC)c2)cc1. The molecule has 226 valence electrons. The predicted octanol–water partition coefficient (Wildman–Crippen LogP) is 6.80. The molecule has 5 aromatic rings. The van der Waals surface area contributed by atoms with E-state index >= 15 is 0 Å². The molecular weight excluding hydrogens is 582 g/mol. The van der Waals surface area contributed by atoms with Gasteiger partial charge in [0.15, 0.2) is 0 Å². The lowest BCUT2D eigenvalue weighted by Crippen LogP contribution is -2.34. The standard InChI is InChI=1S/C38H40O4P2/c1-5-39-29-19-23-33(24-20-29)43(34-25-21-30(22-26-34)40-6-2)37-17-9-10-18-38(37)44(35-15-11-13-31(27-35)41-7-3)36-16-12-14-32(28-36)42-8-4/h9-28H,5-8H2,1-4H3. The smallest absolute Gasteiger partial charge is 0.119 e. The number of hydrogen-bond donors (Lipinski definition) is 0. The average molecular weight is 623 g/mol. The largest absolute Gasteiger partial charge is 0.494 e. The summed E-state index contributed by atoms with van der Waals surface area (Å²) in [6, 6.07) is 43.3. The molecule has 0 aromatic heterocycles. The fourth-order valence-corrected chi connectivity index (χ4v) is 10.4. The molecule has 4 nitrogen and oxygen atoms in total. The third-order valence-corrected chi connectivity index (χ3v) is 12.1. The van der Waals surface area contributed by atoms with E-state index in [2.05, 4.69) is 109 Å². The van der Waals surface area contributed by atoms with E-state index in [-0.39, 0.29) is 0 Å². The van der Waals surface area contributed by atoms with Gasteiger partial charge in [0.05, 0.1) is 26.4 Å². The van der Waals surface area contributed by atoms with Crippen molar-refractivity contribution < 1.29 is 18.9 Å². The van der Waals surface area contributed by atoms with Crippen LogP contribution in [0, 0.1) is 0 Å². The van der Waals surface area contributed by atoms with Crippen LogP contribution in [0.1, 0.15) is 27.7 Å². The van der Waals surface area contributed by atoms with Gasteiger partial charge in [-0.15, -0.1) is 0 Å². The first-order valence-corrected chi connectivity index (χ1v) is 17.9. The average Bonchev–Trinajstić information content (AvgIpc) is 3.05. The molecule has 0 saturated carbocycles. The molecule has 0 amide bonds. The van der Waals surface area contributed by atoms with Gasteiger partial charge < -0.3 is 18.9 Å². The van der Waals surface area contributed by atoms with Gasteiger partial charge in [0.1, 0.15) is 23.0 Å². The molecule has 0 aliphatic carbocycles. The fourth-order valence-electron chi connectivity index (χ4n) is 5.17. The summed E-state index contributed by atoms with van der Waals surface area (Å²) in [5.74, 6) is 3.54. The summed E-state index contributed by atoms with van der Waals surface area (Å²) in [6.45, 7) is 10.6. The van der Waals surface area contributed by atoms with Gasteiger partial charge >= 0.3 is 0 Å². The molecule has 0 bridgehead atoms. The van der Waals surface area contributed by atoms with E-state index in [1.165, 1.54) is 31.8 Å². The van der Waals surface area contributed by atoms with Crippen molar-refractivity contribution in [3.8, 4) is 23.0 Å². The highest BCUT2D eigenvalue weighted by Crippen LogP contribution is 2.40. The minimum atomic E-state index is -0.951. The molecule has 0 atom stereocenters. The number of hydrogen-bond acceptors (Lipinski definition) is 4. The van der Waals surface area contributed by atoms with Crippen molar-refractivity contribution in [3.63, 3.8) is 0 Å². The van der Waals surface area contributed by atoms with Crippen LogP contribution in [0.25, 0.3) is 0 Å². The summed E-state index contributed by atoms with van der Waals surface area (Å²) in [7, 11) is -1.86. The zero-order chi connectivity index (χ0) is 30.7. The van der Waals surface area contributed by atoms with Gasteiger partial charge in [-0.05, 0) is 124 Å². The molecule has 6 heteroatoms. The van der Waals surface area contributed by atoms with Crippen molar-refractivity contribution in [1.29, 1.82) is 0 Å². The molecule has 0 saturated heterocycles. The minimum Gasteiger partial charge on any atom is -0.494 e. The molecule has 5 rings (SSSR count). The Kier molecular flexibility index (Phi) is 11.3. The first-order chi connectivity index (χ1) is 21.6. The van der Waals surface area contributed by atoms with Crippen LogP contribution in [0.4, 0.5) is 0 Å². The van der Waals surface area contributed by atoms with Crippen LogP contribution in [-0.4, -0.2) is 26.4 Å². The highest BCUT2D eigenvalue weighted by atomic mass is 31.1. The molecule has 44 heavy (non-hydrogen) atoms.